The number of thiophene rings is 2. The van der Waals surface area contributed by atoms with Crippen molar-refractivity contribution in [3.8, 4) is 41.8 Å². The van der Waals surface area contributed by atoms with Crippen molar-refractivity contribution >= 4 is 45.4 Å². The monoisotopic (exact) mass is 716 g/mol. The van der Waals surface area contributed by atoms with Crippen molar-refractivity contribution < 1.29 is 43.9 Å². The van der Waals surface area contributed by atoms with Crippen molar-refractivity contribution in [3.05, 3.63) is 95.6 Å². The SMILES string of the molecule is CC(F)(F)C(F)(F)c1ccc(-c2ccc(-c3ccc(-c4ccc(-c5ccc(C(F)(F)C(C)(F)F)cc5F)s4)c4nsnc34)s2)c(F)c1. The van der Waals surface area contributed by atoms with Gasteiger partial charge in [0.05, 0.1) is 11.7 Å². The van der Waals surface area contributed by atoms with Crippen molar-refractivity contribution in [2.24, 2.45) is 0 Å². The molecule has 0 fully saturated rings. The summed E-state index contributed by atoms with van der Waals surface area (Å²) in [7, 11) is 0. The molecule has 0 aliphatic carbocycles. The summed E-state index contributed by atoms with van der Waals surface area (Å²) >= 11 is 3.16. The van der Waals surface area contributed by atoms with E-state index >= 15 is 0 Å². The van der Waals surface area contributed by atoms with Crippen LogP contribution in [-0.2, 0) is 11.8 Å². The van der Waals surface area contributed by atoms with Crippen molar-refractivity contribution in [1.82, 2.24) is 8.75 Å². The van der Waals surface area contributed by atoms with Crippen LogP contribution in [0, 0.1) is 11.6 Å². The number of alkyl halides is 8. The van der Waals surface area contributed by atoms with Crippen LogP contribution in [-0.4, -0.2) is 20.6 Å². The van der Waals surface area contributed by atoms with Gasteiger partial charge in [0.25, 0.3) is 0 Å². The Kier molecular flexibility index (Phi) is 8.03. The first-order chi connectivity index (χ1) is 21.9. The molecule has 0 saturated heterocycles. The molecule has 0 bridgehead atoms. The van der Waals surface area contributed by atoms with Crippen LogP contribution in [0.25, 0.3) is 52.8 Å². The lowest BCUT2D eigenvalue weighted by molar-refractivity contribution is -0.204. The molecule has 0 spiro atoms. The van der Waals surface area contributed by atoms with E-state index in [1.165, 1.54) is 0 Å². The molecule has 0 amide bonds. The Balaban J connectivity index is 1.30. The zero-order chi connectivity index (χ0) is 34.1. The average molecular weight is 717 g/mol. The molecule has 3 heterocycles. The van der Waals surface area contributed by atoms with E-state index in [0.29, 0.717) is 53.8 Å². The van der Waals surface area contributed by atoms with Crippen LogP contribution in [0.2, 0.25) is 0 Å². The van der Waals surface area contributed by atoms with Crippen molar-refractivity contribution in [3.63, 3.8) is 0 Å². The highest BCUT2D eigenvalue weighted by molar-refractivity contribution is 7.19. The number of hydrogen-bond donors (Lipinski definition) is 0. The minimum atomic E-state index is -4.56. The minimum absolute atomic E-state index is 0.0528. The van der Waals surface area contributed by atoms with Crippen LogP contribution in [0.5, 0.6) is 0 Å². The molecule has 47 heavy (non-hydrogen) atoms. The van der Waals surface area contributed by atoms with Gasteiger partial charge in [-0.25, -0.2) is 8.78 Å². The summed E-state index contributed by atoms with van der Waals surface area (Å²) in [5.74, 6) is -20.1. The Hall–Kier alpha value is -3.82. The lowest BCUT2D eigenvalue weighted by Gasteiger charge is -2.23. The van der Waals surface area contributed by atoms with Crippen LogP contribution in [0.4, 0.5) is 43.9 Å². The van der Waals surface area contributed by atoms with Gasteiger partial charge in [-0.05, 0) is 36.4 Å². The topological polar surface area (TPSA) is 25.8 Å². The van der Waals surface area contributed by atoms with E-state index in [2.05, 4.69) is 8.75 Å². The van der Waals surface area contributed by atoms with Crippen LogP contribution < -0.4 is 0 Å². The second-order valence-corrected chi connectivity index (χ2v) is 13.5. The highest BCUT2D eigenvalue weighted by Gasteiger charge is 2.54. The third-order valence-electron chi connectivity index (χ3n) is 7.46. The predicted octanol–water partition coefficient (Wildman–Crippen LogP) is 12.3. The van der Waals surface area contributed by atoms with E-state index < -0.39 is 46.5 Å². The molecule has 6 rings (SSSR count). The molecular formula is C32H18F10N2S3. The van der Waals surface area contributed by atoms with Gasteiger partial charge in [-0.3, -0.25) is 0 Å². The van der Waals surface area contributed by atoms with Gasteiger partial charge < -0.3 is 0 Å². The van der Waals surface area contributed by atoms with Crippen molar-refractivity contribution in [1.29, 1.82) is 0 Å². The van der Waals surface area contributed by atoms with E-state index in [1.807, 2.05) is 0 Å². The first-order valence-electron chi connectivity index (χ1n) is 13.5. The fraction of sp³-hybridized carbons (Fsp3) is 0.188. The summed E-state index contributed by atoms with van der Waals surface area (Å²) in [4.78, 5) is 1.96. The quantitative estimate of drug-likeness (QED) is 0.147. The number of aromatic nitrogens is 2. The first kappa shape index (κ1) is 33.1. The highest BCUT2D eigenvalue weighted by Crippen LogP contribution is 2.47. The molecule has 244 valence electrons. The molecule has 0 atom stereocenters. The minimum Gasteiger partial charge on any atom is -0.206 e. The van der Waals surface area contributed by atoms with E-state index in [4.69, 9.17) is 0 Å². The molecule has 0 aliphatic heterocycles. The van der Waals surface area contributed by atoms with Crippen molar-refractivity contribution in [2.45, 2.75) is 37.5 Å². The number of hydrogen-bond acceptors (Lipinski definition) is 5. The Morgan fingerprint density at radius 1 is 0.468 bits per heavy atom. The molecule has 0 radical (unpaired) electrons. The summed E-state index contributed by atoms with van der Waals surface area (Å²) in [6.45, 7) is 0.123. The second kappa shape index (κ2) is 11.4. The largest absolute Gasteiger partial charge is 0.335 e. The summed E-state index contributed by atoms with van der Waals surface area (Å²) in [5, 5.41) is 0. The first-order valence-corrected chi connectivity index (χ1v) is 15.8. The fourth-order valence-electron chi connectivity index (χ4n) is 4.85. The van der Waals surface area contributed by atoms with Gasteiger partial charge in [0, 0.05) is 66.7 Å². The summed E-state index contributed by atoms with van der Waals surface area (Å²) in [6.07, 6.45) is 0. The number of fused-ring (bicyclic) bond motifs is 1. The smallest absolute Gasteiger partial charge is 0.206 e. The van der Waals surface area contributed by atoms with E-state index in [0.717, 1.165) is 58.7 Å². The Labute approximate surface area is 272 Å². The van der Waals surface area contributed by atoms with Gasteiger partial charge in [-0.1, -0.05) is 36.4 Å². The van der Waals surface area contributed by atoms with Crippen LogP contribution in [0.15, 0.2) is 72.8 Å². The number of benzene rings is 3. The highest BCUT2D eigenvalue weighted by atomic mass is 32.1. The third-order valence-corrected chi connectivity index (χ3v) is 10.3. The maximum absolute atomic E-state index is 14.9. The normalized spacial score (nSPS) is 13.1. The molecule has 0 unspecified atom stereocenters. The van der Waals surface area contributed by atoms with E-state index in [-0.39, 0.29) is 25.0 Å². The molecule has 3 aromatic carbocycles. The Morgan fingerprint density at radius 2 is 0.787 bits per heavy atom. The van der Waals surface area contributed by atoms with Gasteiger partial charge in [0.1, 0.15) is 22.7 Å². The fourth-order valence-corrected chi connectivity index (χ4v) is 7.54. The summed E-state index contributed by atoms with van der Waals surface area (Å²) in [6, 6.07) is 14.3. The zero-order valence-corrected chi connectivity index (χ0v) is 26.3. The standard InChI is InChI=1S/C32H18F10N2S3/c1-29(35,36)31(39,40)15-3-5-17(21(33)13-15)23-9-11-25(45-23)19-7-8-20(28-27(19)43-47-44-28)26-12-10-24(46-26)18-6-4-16(14-22(18)34)32(41,42)30(2,37)38/h3-14H,1-2H3. The molecule has 2 nitrogen and oxygen atoms in total. The van der Waals surface area contributed by atoms with E-state index in [9.17, 15) is 43.9 Å². The lowest BCUT2D eigenvalue weighted by Crippen LogP contribution is -2.34. The van der Waals surface area contributed by atoms with Crippen LogP contribution >= 0.6 is 34.4 Å². The van der Waals surface area contributed by atoms with Gasteiger partial charge in [0.2, 0.25) is 0 Å². The Bertz CT molecular complexity index is 1970. The van der Waals surface area contributed by atoms with Crippen molar-refractivity contribution in [2.75, 3.05) is 0 Å². The van der Waals surface area contributed by atoms with Crippen LogP contribution in [0.3, 0.4) is 0 Å². The van der Waals surface area contributed by atoms with Crippen LogP contribution in [0.1, 0.15) is 25.0 Å². The summed E-state index contributed by atoms with van der Waals surface area (Å²) in [5.41, 5.74) is -0.193. The Morgan fingerprint density at radius 3 is 1.11 bits per heavy atom. The second-order valence-electron chi connectivity index (χ2n) is 10.8. The van der Waals surface area contributed by atoms with Gasteiger partial charge in [-0.15, -0.1) is 22.7 Å². The molecule has 0 aliphatic rings. The third kappa shape index (κ3) is 5.71. The molecule has 15 heteroatoms. The van der Waals surface area contributed by atoms with Gasteiger partial charge in [-0.2, -0.15) is 43.9 Å². The molecule has 6 aromatic rings. The van der Waals surface area contributed by atoms with E-state index in [1.54, 1.807) is 36.4 Å². The maximum Gasteiger partial charge on any atom is 0.335 e. The zero-order valence-electron chi connectivity index (χ0n) is 23.8. The number of rotatable bonds is 8. The number of halogens is 10. The number of nitrogens with zero attached hydrogens (tertiary/aromatic N) is 2. The lowest BCUT2D eigenvalue weighted by atomic mass is 10.0. The molecular weight excluding hydrogens is 699 g/mol. The van der Waals surface area contributed by atoms with Gasteiger partial charge in [0.15, 0.2) is 0 Å². The average Bonchev–Trinajstić information content (AvgIpc) is 3.77. The predicted molar refractivity (Wildman–Crippen MR) is 164 cm³/mol. The maximum atomic E-state index is 14.9. The molecule has 0 N–H and O–H groups in total. The summed E-state index contributed by atoms with van der Waals surface area (Å²) < 4.78 is 149. The molecule has 0 saturated carbocycles. The van der Waals surface area contributed by atoms with Gasteiger partial charge >= 0.3 is 23.7 Å². The molecule has 3 aromatic heterocycles.